The highest BCUT2D eigenvalue weighted by Crippen LogP contribution is 2.14. The van der Waals surface area contributed by atoms with E-state index in [9.17, 15) is 0 Å². The molecule has 1 fully saturated rings. The Morgan fingerprint density at radius 3 is 2.50 bits per heavy atom. The van der Waals surface area contributed by atoms with Crippen molar-refractivity contribution in [1.29, 1.82) is 0 Å². The van der Waals surface area contributed by atoms with Crippen LogP contribution in [-0.2, 0) is 0 Å². The van der Waals surface area contributed by atoms with E-state index in [-0.39, 0.29) is 0 Å². The molecule has 14 heavy (non-hydrogen) atoms. The standard InChI is InChI=1S/C13H27N/c1-2-3-4-5-6-7-10-13-11-8-9-12-14-13/h13-14H,2-12H2,1H3/t13-/m1/s1. The average molecular weight is 197 g/mol. The third-order valence-corrected chi connectivity index (χ3v) is 3.32. The summed E-state index contributed by atoms with van der Waals surface area (Å²) in [6, 6.07) is 0.856. The van der Waals surface area contributed by atoms with E-state index >= 15 is 0 Å². The van der Waals surface area contributed by atoms with Gasteiger partial charge in [0.25, 0.3) is 0 Å². The van der Waals surface area contributed by atoms with Crippen molar-refractivity contribution in [3.63, 3.8) is 0 Å². The first-order valence-electron chi connectivity index (χ1n) is 6.67. The quantitative estimate of drug-likeness (QED) is 0.611. The number of piperidine rings is 1. The van der Waals surface area contributed by atoms with Gasteiger partial charge in [-0.3, -0.25) is 0 Å². The molecule has 0 saturated carbocycles. The summed E-state index contributed by atoms with van der Waals surface area (Å²) in [5.41, 5.74) is 0. The molecule has 1 N–H and O–H groups in total. The van der Waals surface area contributed by atoms with Gasteiger partial charge < -0.3 is 5.32 Å². The van der Waals surface area contributed by atoms with Crippen molar-refractivity contribution < 1.29 is 0 Å². The Bertz CT molecular complexity index is 116. The summed E-state index contributed by atoms with van der Waals surface area (Å²) in [4.78, 5) is 0. The summed E-state index contributed by atoms with van der Waals surface area (Å²) >= 11 is 0. The van der Waals surface area contributed by atoms with Gasteiger partial charge in [-0.15, -0.1) is 0 Å². The van der Waals surface area contributed by atoms with Crippen LogP contribution in [0.2, 0.25) is 0 Å². The normalized spacial score (nSPS) is 22.5. The summed E-state index contributed by atoms with van der Waals surface area (Å²) in [7, 11) is 0. The Hall–Kier alpha value is -0.0400. The van der Waals surface area contributed by atoms with Crippen molar-refractivity contribution in [2.45, 2.75) is 77.2 Å². The monoisotopic (exact) mass is 197 g/mol. The zero-order valence-corrected chi connectivity index (χ0v) is 9.86. The molecule has 0 radical (unpaired) electrons. The lowest BCUT2D eigenvalue weighted by Crippen LogP contribution is -2.33. The summed E-state index contributed by atoms with van der Waals surface area (Å²) in [6.45, 7) is 3.55. The fourth-order valence-electron chi connectivity index (χ4n) is 2.34. The molecule has 0 amide bonds. The molecule has 1 aliphatic heterocycles. The number of rotatable bonds is 7. The molecule has 0 aliphatic carbocycles. The molecular formula is C13H27N. The first-order chi connectivity index (χ1) is 6.93. The lowest BCUT2D eigenvalue weighted by Gasteiger charge is -2.23. The maximum atomic E-state index is 3.62. The number of hydrogen-bond acceptors (Lipinski definition) is 1. The molecule has 0 unspecified atom stereocenters. The molecule has 0 aromatic carbocycles. The van der Waals surface area contributed by atoms with E-state index in [1.165, 1.54) is 70.8 Å². The molecule has 1 rings (SSSR count). The average Bonchev–Trinajstić information content (AvgIpc) is 2.25. The van der Waals surface area contributed by atoms with Crippen LogP contribution >= 0.6 is 0 Å². The Kier molecular flexibility index (Phi) is 7.12. The maximum Gasteiger partial charge on any atom is 0.00670 e. The molecule has 0 bridgehead atoms. The van der Waals surface area contributed by atoms with E-state index in [0.29, 0.717) is 0 Å². The van der Waals surface area contributed by atoms with Crippen LogP contribution in [0, 0.1) is 0 Å². The van der Waals surface area contributed by atoms with Gasteiger partial charge in [0, 0.05) is 6.04 Å². The molecule has 0 aromatic heterocycles. The minimum Gasteiger partial charge on any atom is -0.314 e. The predicted octanol–water partition coefficient (Wildman–Crippen LogP) is 3.88. The van der Waals surface area contributed by atoms with Crippen LogP contribution in [-0.4, -0.2) is 12.6 Å². The van der Waals surface area contributed by atoms with Crippen molar-refractivity contribution >= 4 is 0 Å². The van der Waals surface area contributed by atoms with Gasteiger partial charge in [0.2, 0.25) is 0 Å². The predicted molar refractivity (Wildman–Crippen MR) is 63.6 cm³/mol. The third kappa shape index (κ3) is 5.64. The number of hydrogen-bond donors (Lipinski definition) is 1. The van der Waals surface area contributed by atoms with Crippen LogP contribution < -0.4 is 5.32 Å². The first-order valence-corrected chi connectivity index (χ1v) is 6.67. The summed E-state index contributed by atoms with van der Waals surface area (Å²) in [5, 5.41) is 3.62. The Labute approximate surface area is 89.7 Å². The highest BCUT2D eigenvalue weighted by molar-refractivity contribution is 4.71. The molecule has 1 heterocycles. The van der Waals surface area contributed by atoms with Crippen LogP contribution in [0.4, 0.5) is 0 Å². The lowest BCUT2D eigenvalue weighted by molar-refractivity contribution is 0.370. The molecule has 0 aromatic rings. The van der Waals surface area contributed by atoms with Crippen molar-refractivity contribution in [3.8, 4) is 0 Å². The number of nitrogens with one attached hydrogen (secondary N) is 1. The molecule has 1 nitrogen and oxygen atoms in total. The van der Waals surface area contributed by atoms with E-state index in [1.54, 1.807) is 0 Å². The Morgan fingerprint density at radius 2 is 1.79 bits per heavy atom. The van der Waals surface area contributed by atoms with Gasteiger partial charge in [-0.25, -0.2) is 0 Å². The van der Waals surface area contributed by atoms with Crippen LogP contribution in [0.3, 0.4) is 0 Å². The minimum absolute atomic E-state index is 0.856. The Morgan fingerprint density at radius 1 is 1.00 bits per heavy atom. The molecule has 1 saturated heterocycles. The zero-order valence-electron chi connectivity index (χ0n) is 9.86. The van der Waals surface area contributed by atoms with E-state index in [1.807, 2.05) is 0 Å². The second kappa shape index (κ2) is 8.28. The molecule has 0 spiro atoms. The first kappa shape index (κ1) is 12.0. The maximum absolute atomic E-state index is 3.62. The fourth-order valence-corrected chi connectivity index (χ4v) is 2.34. The highest BCUT2D eigenvalue weighted by atomic mass is 14.9. The van der Waals surface area contributed by atoms with Gasteiger partial charge in [-0.05, 0) is 25.8 Å². The van der Waals surface area contributed by atoms with Crippen molar-refractivity contribution in [2.75, 3.05) is 6.54 Å². The smallest absolute Gasteiger partial charge is 0.00670 e. The van der Waals surface area contributed by atoms with Gasteiger partial charge in [-0.2, -0.15) is 0 Å². The summed E-state index contributed by atoms with van der Waals surface area (Å²) in [5.74, 6) is 0. The van der Waals surface area contributed by atoms with Gasteiger partial charge in [0.05, 0.1) is 0 Å². The van der Waals surface area contributed by atoms with Crippen LogP contribution in [0.15, 0.2) is 0 Å². The van der Waals surface area contributed by atoms with Crippen molar-refractivity contribution in [1.82, 2.24) is 5.32 Å². The minimum atomic E-state index is 0.856. The summed E-state index contributed by atoms with van der Waals surface area (Å²) in [6.07, 6.45) is 14.3. The number of unbranched alkanes of at least 4 members (excludes halogenated alkanes) is 5. The summed E-state index contributed by atoms with van der Waals surface area (Å²) < 4.78 is 0. The van der Waals surface area contributed by atoms with Crippen LogP contribution in [0.1, 0.15) is 71.1 Å². The zero-order chi connectivity index (χ0) is 10.1. The van der Waals surface area contributed by atoms with Gasteiger partial charge in [0.15, 0.2) is 0 Å². The molecule has 1 heteroatoms. The van der Waals surface area contributed by atoms with Crippen molar-refractivity contribution in [2.24, 2.45) is 0 Å². The molecule has 1 atom stereocenters. The lowest BCUT2D eigenvalue weighted by atomic mass is 9.98. The van der Waals surface area contributed by atoms with Crippen LogP contribution in [0.25, 0.3) is 0 Å². The van der Waals surface area contributed by atoms with Gasteiger partial charge in [-0.1, -0.05) is 51.9 Å². The van der Waals surface area contributed by atoms with Gasteiger partial charge >= 0.3 is 0 Å². The van der Waals surface area contributed by atoms with Crippen LogP contribution in [0.5, 0.6) is 0 Å². The van der Waals surface area contributed by atoms with E-state index in [0.717, 1.165) is 6.04 Å². The van der Waals surface area contributed by atoms with Crippen molar-refractivity contribution in [3.05, 3.63) is 0 Å². The SMILES string of the molecule is CCCCCCCC[C@@H]1CCCCN1. The third-order valence-electron chi connectivity index (χ3n) is 3.32. The molecule has 1 aliphatic rings. The van der Waals surface area contributed by atoms with Gasteiger partial charge in [0.1, 0.15) is 0 Å². The van der Waals surface area contributed by atoms with E-state index in [2.05, 4.69) is 12.2 Å². The fraction of sp³-hybridized carbons (Fsp3) is 1.00. The largest absolute Gasteiger partial charge is 0.314 e. The molecular weight excluding hydrogens is 170 g/mol. The van der Waals surface area contributed by atoms with E-state index in [4.69, 9.17) is 0 Å². The molecule has 84 valence electrons. The Balaban J connectivity index is 1.82. The second-order valence-electron chi connectivity index (χ2n) is 4.70. The highest BCUT2D eigenvalue weighted by Gasteiger charge is 2.10. The topological polar surface area (TPSA) is 12.0 Å². The van der Waals surface area contributed by atoms with E-state index < -0.39 is 0 Å². The second-order valence-corrected chi connectivity index (χ2v) is 4.70.